The first-order valence-corrected chi connectivity index (χ1v) is 8.12. The van der Waals surface area contributed by atoms with Crippen molar-refractivity contribution in [3.05, 3.63) is 41.3 Å². The highest BCUT2D eigenvalue weighted by Gasteiger charge is 2.36. The Morgan fingerprint density at radius 3 is 2.60 bits per heavy atom. The molecule has 1 aliphatic rings. The second-order valence-electron chi connectivity index (χ2n) is 7.00. The van der Waals surface area contributed by atoms with E-state index in [1.165, 1.54) is 0 Å². The van der Waals surface area contributed by atoms with Crippen molar-refractivity contribution in [2.45, 2.75) is 27.7 Å². The fourth-order valence-corrected chi connectivity index (χ4v) is 2.92. The summed E-state index contributed by atoms with van der Waals surface area (Å²) in [5.41, 5.74) is 1.18. The molecule has 2 aromatic rings. The van der Waals surface area contributed by atoms with Crippen molar-refractivity contribution in [3.8, 4) is 5.75 Å². The van der Waals surface area contributed by atoms with Gasteiger partial charge in [0.15, 0.2) is 0 Å². The third-order valence-corrected chi connectivity index (χ3v) is 4.34. The van der Waals surface area contributed by atoms with Crippen LogP contribution in [0.2, 0.25) is 0 Å². The Bertz CT molecular complexity index is 851. The van der Waals surface area contributed by atoms with E-state index in [2.05, 4.69) is 5.32 Å². The summed E-state index contributed by atoms with van der Waals surface area (Å²) in [6.07, 6.45) is 0. The number of hydrogen-bond donors (Lipinski definition) is 1. The average Bonchev–Trinajstić information content (AvgIpc) is 2.86. The van der Waals surface area contributed by atoms with Crippen LogP contribution in [0.3, 0.4) is 0 Å². The molecule has 6 nitrogen and oxygen atoms in total. The number of anilines is 2. The molecule has 3 rings (SSSR count). The van der Waals surface area contributed by atoms with E-state index >= 15 is 0 Å². The Morgan fingerprint density at radius 1 is 1.24 bits per heavy atom. The molecule has 0 fully saturated rings. The fraction of sp³-hybridized carbons (Fsp3) is 0.368. The van der Waals surface area contributed by atoms with Crippen LogP contribution in [-0.2, 0) is 4.79 Å². The number of fused-ring (bicyclic) bond motifs is 1. The van der Waals surface area contributed by atoms with Crippen LogP contribution in [0.4, 0.5) is 11.4 Å². The predicted octanol–water partition coefficient (Wildman–Crippen LogP) is 3.53. The average molecular weight is 342 g/mol. The minimum atomic E-state index is -0.609. The molecule has 1 aromatic heterocycles. The fourth-order valence-electron chi connectivity index (χ4n) is 2.92. The number of nitrogens with zero attached hydrogens (tertiary/aromatic N) is 1. The summed E-state index contributed by atoms with van der Waals surface area (Å²) in [4.78, 5) is 26.5. The SMILES string of the molecule is Cc1cc(C(=O)Nc2ccc3c(c2)OCC(C)(C)C(=O)N3C)c(C)o1. The molecule has 1 aliphatic heterocycles. The second-order valence-corrected chi connectivity index (χ2v) is 7.00. The Kier molecular flexibility index (Phi) is 4.06. The van der Waals surface area contributed by atoms with Crippen LogP contribution in [0.15, 0.2) is 28.7 Å². The van der Waals surface area contributed by atoms with E-state index in [1.807, 2.05) is 13.8 Å². The largest absolute Gasteiger partial charge is 0.490 e. The maximum atomic E-state index is 12.5. The zero-order chi connectivity index (χ0) is 18.4. The molecule has 1 N–H and O–H groups in total. The van der Waals surface area contributed by atoms with Gasteiger partial charge in [0.1, 0.15) is 23.9 Å². The van der Waals surface area contributed by atoms with Crippen LogP contribution in [0.5, 0.6) is 5.75 Å². The molecule has 0 unspecified atom stereocenters. The molecule has 2 amide bonds. The smallest absolute Gasteiger partial charge is 0.259 e. The molecule has 132 valence electrons. The van der Waals surface area contributed by atoms with Crippen molar-refractivity contribution < 1.29 is 18.7 Å². The van der Waals surface area contributed by atoms with Crippen LogP contribution in [0.25, 0.3) is 0 Å². The summed E-state index contributed by atoms with van der Waals surface area (Å²) in [5, 5.41) is 2.85. The normalized spacial score (nSPS) is 16.0. The molecule has 0 radical (unpaired) electrons. The highest BCUT2D eigenvalue weighted by atomic mass is 16.5. The molecule has 2 heterocycles. The van der Waals surface area contributed by atoms with Crippen LogP contribution in [0.1, 0.15) is 35.7 Å². The number of rotatable bonds is 2. The van der Waals surface area contributed by atoms with Crippen LogP contribution in [-0.4, -0.2) is 25.5 Å². The first kappa shape index (κ1) is 17.1. The molecular formula is C19H22N2O4. The lowest BCUT2D eigenvalue weighted by atomic mass is 9.93. The first-order valence-electron chi connectivity index (χ1n) is 8.12. The second kappa shape index (κ2) is 5.95. The third kappa shape index (κ3) is 3.12. The highest BCUT2D eigenvalue weighted by Crippen LogP contribution is 2.37. The minimum Gasteiger partial charge on any atom is -0.490 e. The lowest BCUT2D eigenvalue weighted by molar-refractivity contribution is -0.127. The number of aryl methyl sites for hydroxylation is 2. The van der Waals surface area contributed by atoms with E-state index in [0.29, 0.717) is 34.2 Å². The Labute approximate surface area is 146 Å². The number of furan rings is 1. The molecular weight excluding hydrogens is 320 g/mol. The first-order chi connectivity index (χ1) is 11.7. The molecule has 6 heteroatoms. The van der Waals surface area contributed by atoms with Crippen LogP contribution >= 0.6 is 0 Å². The zero-order valence-electron chi connectivity index (χ0n) is 15.1. The van der Waals surface area contributed by atoms with Gasteiger partial charge in [-0.2, -0.15) is 0 Å². The van der Waals surface area contributed by atoms with Gasteiger partial charge in [-0.3, -0.25) is 9.59 Å². The number of benzene rings is 1. The van der Waals surface area contributed by atoms with E-state index in [0.717, 1.165) is 0 Å². The monoisotopic (exact) mass is 342 g/mol. The molecule has 0 atom stereocenters. The molecule has 0 saturated heterocycles. The number of hydrogen-bond acceptors (Lipinski definition) is 4. The molecule has 1 aromatic carbocycles. The van der Waals surface area contributed by atoms with Crippen molar-refractivity contribution in [3.63, 3.8) is 0 Å². The summed E-state index contributed by atoms with van der Waals surface area (Å²) >= 11 is 0. The number of amides is 2. The van der Waals surface area contributed by atoms with Gasteiger partial charge in [0.2, 0.25) is 5.91 Å². The summed E-state index contributed by atoms with van der Waals surface area (Å²) in [7, 11) is 1.73. The Hall–Kier alpha value is -2.76. The number of nitrogens with one attached hydrogen (secondary N) is 1. The van der Waals surface area contributed by atoms with Gasteiger partial charge in [0, 0.05) is 18.8 Å². The van der Waals surface area contributed by atoms with Gasteiger partial charge in [0.25, 0.3) is 5.91 Å². The third-order valence-electron chi connectivity index (χ3n) is 4.34. The maximum absolute atomic E-state index is 12.5. The van der Waals surface area contributed by atoms with E-state index in [1.54, 1.807) is 50.1 Å². The van der Waals surface area contributed by atoms with E-state index in [9.17, 15) is 9.59 Å². The van der Waals surface area contributed by atoms with Crippen molar-refractivity contribution in [1.29, 1.82) is 0 Å². The molecule has 25 heavy (non-hydrogen) atoms. The lowest BCUT2D eigenvalue weighted by Crippen LogP contribution is -2.39. The summed E-state index contributed by atoms with van der Waals surface area (Å²) in [6.45, 7) is 7.54. The zero-order valence-corrected chi connectivity index (χ0v) is 15.1. The Balaban J connectivity index is 1.87. The molecule has 0 saturated carbocycles. The number of carbonyl (C=O) groups is 2. The maximum Gasteiger partial charge on any atom is 0.259 e. The van der Waals surface area contributed by atoms with Crippen LogP contribution in [0, 0.1) is 19.3 Å². The van der Waals surface area contributed by atoms with Gasteiger partial charge < -0.3 is 19.4 Å². The van der Waals surface area contributed by atoms with Crippen molar-refractivity contribution in [2.75, 3.05) is 23.9 Å². The topological polar surface area (TPSA) is 71.8 Å². The summed E-state index contributed by atoms with van der Waals surface area (Å²) in [6, 6.07) is 6.97. The molecule has 0 spiro atoms. The van der Waals surface area contributed by atoms with Crippen LogP contribution < -0.4 is 15.0 Å². The van der Waals surface area contributed by atoms with E-state index in [4.69, 9.17) is 9.15 Å². The van der Waals surface area contributed by atoms with Gasteiger partial charge in [-0.25, -0.2) is 0 Å². The Morgan fingerprint density at radius 2 is 1.96 bits per heavy atom. The lowest BCUT2D eigenvalue weighted by Gasteiger charge is -2.24. The van der Waals surface area contributed by atoms with Crippen molar-refractivity contribution >= 4 is 23.2 Å². The van der Waals surface area contributed by atoms with Gasteiger partial charge >= 0.3 is 0 Å². The van der Waals surface area contributed by atoms with E-state index < -0.39 is 5.41 Å². The molecule has 0 bridgehead atoms. The van der Waals surface area contributed by atoms with Crippen molar-refractivity contribution in [2.24, 2.45) is 5.41 Å². The van der Waals surface area contributed by atoms with Gasteiger partial charge in [-0.1, -0.05) is 0 Å². The quantitative estimate of drug-likeness (QED) is 0.906. The molecule has 0 aliphatic carbocycles. The predicted molar refractivity (Wildman–Crippen MR) is 95.3 cm³/mol. The number of carbonyl (C=O) groups excluding carboxylic acids is 2. The van der Waals surface area contributed by atoms with Gasteiger partial charge in [-0.05, 0) is 45.9 Å². The summed E-state index contributed by atoms with van der Waals surface area (Å²) < 4.78 is 11.2. The van der Waals surface area contributed by atoms with Gasteiger partial charge in [-0.15, -0.1) is 0 Å². The minimum absolute atomic E-state index is 0.00691. The standard InChI is InChI=1S/C19H22N2O4/c1-11-8-14(12(2)25-11)17(22)20-13-6-7-15-16(9-13)24-10-19(3,4)18(23)21(15)5/h6-9H,10H2,1-5H3,(H,20,22). The van der Waals surface area contributed by atoms with E-state index in [-0.39, 0.29) is 18.4 Å². The highest BCUT2D eigenvalue weighted by molar-refractivity contribution is 6.05. The van der Waals surface area contributed by atoms with Crippen molar-refractivity contribution in [1.82, 2.24) is 0 Å². The number of ether oxygens (including phenoxy) is 1. The summed E-state index contributed by atoms with van der Waals surface area (Å²) in [5.74, 6) is 1.59. The van der Waals surface area contributed by atoms with Gasteiger partial charge in [0.05, 0.1) is 16.7 Å².